The predicted molar refractivity (Wildman–Crippen MR) is 95.0 cm³/mol. The van der Waals surface area contributed by atoms with Crippen LogP contribution in [0.15, 0.2) is 16.8 Å². The van der Waals surface area contributed by atoms with Crippen LogP contribution in [0.5, 0.6) is 0 Å². The number of carboxylic acids is 1. The van der Waals surface area contributed by atoms with Crippen LogP contribution in [-0.4, -0.2) is 85.6 Å². The van der Waals surface area contributed by atoms with Gasteiger partial charge in [-0.3, -0.25) is 9.69 Å². The number of carboxylic acid groups (broad SMARTS) is 1. The Hall–Kier alpha value is -1.69. The predicted octanol–water partition coefficient (Wildman–Crippen LogP) is 1.69. The number of rotatable bonds is 5. The maximum atomic E-state index is 11.7. The zero-order valence-corrected chi connectivity index (χ0v) is 16.3. The van der Waals surface area contributed by atoms with E-state index in [4.69, 9.17) is 19.4 Å². The molecule has 0 aromatic carbocycles. The summed E-state index contributed by atoms with van der Waals surface area (Å²) in [5.74, 6) is -2.35. The molecule has 0 bridgehead atoms. The summed E-state index contributed by atoms with van der Waals surface area (Å²) in [5.41, 5.74) is 1.34. The van der Waals surface area contributed by atoms with E-state index in [9.17, 15) is 18.0 Å². The molecule has 2 aliphatic heterocycles. The third kappa shape index (κ3) is 6.16. The normalized spacial score (nSPS) is 24.4. The lowest BCUT2D eigenvalue weighted by atomic mass is 10.0. The molecule has 1 amide bonds. The third-order valence-electron chi connectivity index (χ3n) is 4.58. The molecule has 2 saturated heterocycles. The van der Waals surface area contributed by atoms with Crippen LogP contribution in [-0.2, 0) is 25.6 Å². The van der Waals surface area contributed by atoms with Gasteiger partial charge in [0.1, 0.15) is 6.61 Å². The molecule has 0 aliphatic carbocycles. The maximum absolute atomic E-state index is 11.7. The molecule has 1 aromatic rings. The van der Waals surface area contributed by atoms with Crippen LogP contribution in [0.25, 0.3) is 0 Å². The van der Waals surface area contributed by atoms with Gasteiger partial charge >= 0.3 is 12.1 Å². The SMILES string of the molecule is CN(C)C(=O)CO[C@H]1CN(Cc2ccsc2)[C@@H]2COC[C@H]12.O=C(O)C(F)(F)F. The van der Waals surface area contributed by atoms with Crippen LogP contribution in [0.1, 0.15) is 5.56 Å². The number of likely N-dealkylation sites (N-methyl/N-ethyl adjacent to an activating group) is 1. The number of amides is 1. The summed E-state index contributed by atoms with van der Waals surface area (Å²) in [6.45, 7) is 3.50. The number of alkyl halides is 3. The largest absolute Gasteiger partial charge is 0.490 e. The van der Waals surface area contributed by atoms with E-state index in [0.29, 0.717) is 12.0 Å². The Labute approximate surface area is 164 Å². The molecule has 3 rings (SSSR count). The lowest BCUT2D eigenvalue weighted by Crippen LogP contribution is -2.32. The number of ether oxygens (including phenoxy) is 2. The lowest BCUT2D eigenvalue weighted by molar-refractivity contribution is -0.192. The Morgan fingerprint density at radius 2 is 2.07 bits per heavy atom. The smallest absolute Gasteiger partial charge is 0.475 e. The molecule has 28 heavy (non-hydrogen) atoms. The number of thiophene rings is 1. The van der Waals surface area contributed by atoms with E-state index in [2.05, 4.69) is 21.7 Å². The quantitative estimate of drug-likeness (QED) is 0.775. The molecule has 7 nitrogen and oxygen atoms in total. The number of carbonyl (C=O) groups excluding carboxylic acids is 1. The van der Waals surface area contributed by atoms with E-state index in [0.717, 1.165) is 26.3 Å². The van der Waals surface area contributed by atoms with Crippen molar-refractivity contribution in [3.05, 3.63) is 22.4 Å². The second-order valence-corrected chi connectivity index (χ2v) is 7.55. The fourth-order valence-electron chi connectivity index (χ4n) is 3.08. The fraction of sp³-hybridized carbons (Fsp3) is 0.647. The van der Waals surface area contributed by atoms with E-state index < -0.39 is 12.1 Å². The van der Waals surface area contributed by atoms with Crippen molar-refractivity contribution in [3.8, 4) is 0 Å². The number of halogens is 3. The Morgan fingerprint density at radius 3 is 2.61 bits per heavy atom. The molecular weight excluding hydrogens is 401 g/mol. The van der Waals surface area contributed by atoms with E-state index >= 15 is 0 Å². The number of nitrogens with zero attached hydrogens (tertiary/aromatic N) is 2. The number of likely N-dealkylation sites (tertiary alicyclic amines) is 1. The lowest BCUT2D eigenvalue weighted by Gasteiger charge is -2.21. The van der Waals surface area contributed by atoms with Crippen molar-refractivity contribution in [1.29, 1.82) is 0 Å². The number of hydrogen-bond donors (Lipinski definition) is 1. The van der Waals surface area contributed by atoms with Crippen molar-refractivity contribution in [2.45, 2.75) is 24.9 Å². The highest BCUT2D eigenvalue weighted by atomic mass is 32.1. The van der Waals surface area contributed by atoms with Crippen molar-refractivity contribution in [3.63, 3.8) is 0 Å². The maximum Gasteiger partial charge on any atom is 0.490 e. The van der Waals surface area contributed by atoms with Gasteiger partial charge in [-0.1, -0.05) is 0 Å². The van der Waals surface area contributed by atoms with Crippen molar-refractivity contribution >= 4 is 23.2 Å². The molecular formula is C17H23F3N2O5S. The van der Waals surface area contributed by atoms with Gasteiger partial charge in [-0.25, -0.2) is 4.79 Å². The molecule has 3 atom stereocenters. The molecule has 2 aliphatic rings. The molecule has 0 radical (unpaired) electrons. The van der Waals surface area contributed by atoms with E-state index in [1.54, 1.807) is 30.3 Å². The Bertz CT molecular complexity index is 654. The number of fused-ring (bicyclic) bond motifs is 1. The first-order chi connectivity index (χ1) is 13.1. The zero-order valence-electron chi connectivity index (χ0n) is 15.5. The molecule has 0 spiro atoms. The second kappa shape index (κ2) is 9.68. The topological polar surface area (TPSA) is 79.3 Å². The van der Waals surface area contributed by atoms with Gasteiger partial charge in [-0.05, 0) is 22.4 Å². The molecule has 158 valence electrons. The standard InChI is InChI=1S/C15H22N2O3S.C2HF3O2/c1-16(2)15(18)9-20-14-6-17(5-11-3-4-21-10-11)13-8-19-7-12(13)14;3-2(4,5)1(6)7/h3-4,10,12-14H,5-9H2,1-2H3;(H,6,7)/t12-,13+,14-;/m0./s1. The van der Waals surface area contributed by atoms with Crippen LogP contribution in [0, 0.1) is 5.92 Å². The summed E-state index contributed by atoms with van der Waals surface area (Å²) in [4.78, 5) is 24.6. The number of carbonyl (C=O) groups is 2. The summed E-state index contributed by atoms with van der Waals surface area (Å²) < 4.78 is 43.2. The summed E-state index contributed by atoms with van der Waals surface area (Å²) in [5, 5.41) is 11.4. The van der Waals surface area contributed by atoms with Gasteiger partial charge in [-0.15, -0.1) is 0 Å². The highest BCUT2D eigenvalue weighted by Gasteiger charge is 2.46. The highest BCUT2D eigenvalue weighted by Crippen LogP contribution is 2.33. The molecule has 1 aromatic heterocycles. The van der Waals surface area contributed by atoms with Gasteiger partial charge in [0.2, 0.25) is 5.91 Å². The molecule has 3 heterocycles. The second-order valence-electron chi connectivity index (χ2n) is 6.77. The fourth-order valence-corrected chi connectivity index (χ4v) is 3.74. The van der Waals surface area contributed by atoms with Crippen LogP contribution in [0.2, 0.25) is 0 Å². The number of hydrogen-bond acceptors (Lipinski definition) is 6. The van der Waals surface area contributed by atoms with Gasteiger partial charge in [0.25, 0.3) is 0 Å². The summed E-state index contributed by atoms with van der Waals surface area (Å²) >= 11 is 1.73. The van der Waals surface area contributed by atoms with E-state index in [1.165, 1.54) is 5.56 Å². The molecule has 1 N–H and O–H groups in total. The van der Waals surface area contributed by atoms with Crippen LogP contribution in [0.4, 0.5) is 13.2 Å². The Kier molecular flexibility index (Phi) is 7.81. The highest BCUT2D eigenvalue weighted by molar-refractivity contribution is 7.07. The minimum Gasteiger partial charge on any atom is -0.475 e. The van der Waals surface area contributed by atoms with Gasteiger partial charge in [0.05, 0.1) is 19.3 Å². The van der Waals surface area contributed by atoms with E-state index in [-0.39, 0.29) is 18.6 Å². The summed E-state index contributed by atoms with van der Waals surface area (Å²) in [7, 11) is 3.51. The van der Waals surface area contributed by atoms with Gasteiger partial charge in [0, 0.05) is 39.1 Å². The van der Waals surface area contributed by atoms with Crippen LogP contribution in [0.3, 0.4) is 0 Å². The first-order valence-electron chi connectivity index (χ1n) is 8.54. The average molecular weight is 424 g/mol. The first kappa shape index (κ1) is 22.6. The van der Waals surface area contributed by atoms with Crippen molar-refractivity contribution in [2.24, 2.45) is 5.92 Å². The van der Waals surface area contributed by atoms with Crippen molar-refractivity contribution in [1.82, 2.24) is 9.80 Å². The zero-order chi connectivity index (χ0) is 20.9. The minimum absolute atomic E-state index is 0.0155. The van der Waals surface area contributed by atoms with Crippen molar-refractivity contribution < 1.29 is 37.3 Å². The van der Waals surface area contributed by atoms with Crippen LogP contribution < -0.4 is 0 Å². The summed E-state index contributed by atoms with van der Waals surface area (Å²) in [6.07, 6.45) is -4.99. The van der Waals surface area contributed by atoms with Gasteiger partial charge in [0.15, 0.2) is 0 Å². The molecule has 2 fully saturated rings. The Morgan fingerprint density at radius 1 is 1.39 bits per heavy atom. The minimum atomic E-state index is -5.08. The van der Waals surface area contributed by atoms with E-state index in [1.807, 2.05) is 0 Å². The molecule has 0 saturated carbocycles. The number of aliphatic carboxylic acids is 1. The average Bonchev–Trinajstić information content (AvgIpc) is 3.32. The summed E-state index contributed by atoms with van der Waals surface area (Å²) in [6, 6.07) is 2.59. The Balaban J connectivity index is 0.000000345. The van der Waals surface area contributed by atoms with Gasteiger partial charge in [-0.2, -0.15) is 24.5 Å². The monoisotopic (exact) mass is 424 g/mol. The van der Waals surface area contributed by atoms with Crippen LogP contribution >= 0.6 is 11.3 Å². The molecule has 0 unspecified atom stereocenters. The molecule has 11 heteroatoms. The first-order valence-corrected chi connectivity index (χ1v) is 9.48. The van der Waals surface area contributed by atoms with Crippen molar-refractivity contribution in [2.75, 3.05) is 40.5 Å². The third-order valence-corrected chi connectivity index (χ3v) is 5.31. The van der Waals surface area contributed by atoms with Gasteiger partial charge < -0.3 is 19.5 Å².